The molecular formula is C15H22N4. The van der Waals surface area contributed by atoms with E-state index in [0.29, 0.717) is 0 Å². The van der Waals surface area contributed by atoms with Crippen molar-refractivity contribution in [1.82, 2.24) is 9.55 Å². The highest BCUT2D eigenvalue weighted by Crippen LogP contribution is 2.16. The molecule has 0 aliphatic rings. The van der Waals surface area contributed by atoms with Crippen molar-refractivity contribution in [3.05, 3.63) is 41.2 Å². The van der Waals surface area contributed by atoms with Gasteiger partial charge in [0.1, 0.15) is 0 Å². The summed E-state index contributed by atoms with van der Waals surface area (Å²) in [5.41, 5.74) is 4.89. The van der Waals surface area contributed by atoms with Crippen LogP contribution in [-0.2, 0) is 13.6 Å². The molecule has 2 aromatic rings. The topological polar surface area (TPSA) is 33.1 Å². The standard InChI is InChI=1S/C15H22N4/c1-11-6-12(2)8-13(7-11)16-9-14-10-17-15(18(3)4)19(14)5/h6-8,10,16H,9H2,1-5H3. The summed E-state index contributed by atoms with van der Waals surface area (Å²) < 4.78 is 2.11. The smallest absolute Gasteiger partial charge is 0.204 e. The molecule has 0 aliphatic carbocycles. The SMILES string of the molecule is Cc1cc(C)cc(NCc2cnc(N(C)C)n2C)c1. The first-order chi connectivity index (χ1) is 8.97. The third-order valence-corrected chi connectivity index (χ3v) is 3.16. The summed E-state index contributed by atoms with van der Waals surface area (Å²) in [6, 6.07) is 6.51. The van der Waals surface area contributed by atoms with Crippen LogP contribution in [0.4, 0.5) is 11.6 Å². The van der Waals surface area contributed by atoms with Crippen LogP contribution in [0.1, 0.15) is 16.8 Å². The maximum Gasteiger partial charge on any atom is 0.204 e. The van der Waals surface area contributed by atoms with Crippen LogP contribution in [0.2, 0.25) is 0 Å². The lowest BCUT2D eigenvalue weighted by Gasteiger charge is -2.13. The Kier molecular flexibility index (Phi) is 3.79. The zero-order valence-electron chi connectivity index (χ0n) is 12.4. The van der Waals surface area contributed by atoms with E-state index >= 15 is 0 Å². The molecule has 0 saturated heterocycles. The van der Waals surface area contributed by atoms with Crippen LogP contribution in [0.15, 0.2) is 24.4 Å². The fourth-order valence-corrected chi connectivity index (χ4v) is 2.28. The summed E-state index contributed by atoms with van der Waals surface area (Å²) in [7, 11) is 6.05. The molecule has 0 spiro atoms. The van der Waals surface area contributed by atoms with Gasteiger partial charge in [-0.25, -0.2) is 4.98 Å². The first-order valence-corrected chi connectivity index (χ1v) is 6.47. The predicted octanol–water partition coefficient (Wildman–Crippen LogP) is 2.72. The van der Waals surface area contributed by atoms with E-state index in [9.17, 15) is 0 Å². The maximum atomic E-state index is 4.41. The van der Waals surface area contributed by atoms with E-state index in [1.54, 1.807) is 0 Å². The van der Waals surface area contributed by atoms with E-state index in [0.717, 1.165) is 18.2 Å². The van der Waals surface area contributed by atoms with Crippen LogP contribution in [0.3, 0.4) is 0 Å². The number of anilines is 2. The molecule has 0 unspecified atom stereocenters. The molecule has 1 aromatic carbocycles. The molecule has 0 atom stereocenters. The normalized spacial score (nSPS) is 10.6. The van der Waals surface area contributed by atoms with Gasteiger partial charge in [-0.3, -0.25) is 0 Å². The summed E-state index contributed by atoms with van der Waals surface area (Å²) in [4.78, 5) is 6.43. The van der Waals surface area contributed by atoms with Gasteiger partial charge in [-0.15, -0.1) is 0 Å². The van der Waals surface area contributed by atoms with Crippen LogP contribution < -0.4 is 10.2 Å². The molecule has 1 aromatic heterocycles. The van der Waals surface area contributed by atoms with Crippen LogP contribution in [0.25, 0.3) is 0 Å². The van der Waals surface area contributed by atoms with Crippen LogP contribution in [0.5, 0.6) is 0 Å². The van der Waals surface area contributed by atoms with E-state index in [4.69, 9.17) is 0 Å². The number of nitrogens with one attached hydrogen (secondary N) is 1. The van der Waals surface area contributed by atoms with Crippen molar-refractivity contribution >= 4 is 11.6 Å². The molecule has 0 radical (unpaired) electrons. The fourth-order valence-electron chi connectivity index (χ4n) is 2.28. The zero-order valence-corrected chi connectivity index (χ0v) is 12.4. The zero-order chi connectivity index (χ0) is 14.0. The molecule has 0 amide bonds. The fraction of sp³-hybridized carbons (Fsp3) is 0.400. The van der Waals surface area contributed by atoms with Gasteiger partial charge in [-0.05, 0) is 37.1 Å². The van der Waals surface area contributed by atoms with Crippen molar-refractivity contribution in [2.75, 3.05) is 24.3 Å². The van der Waals surface area contributed by atoms with Crippen molar-refractivity contribution in [1.29, 1.82) is 0 Å². The van der Waals surface area contributed by atoms with E-state index in [2.05, 4.69) is 46.9 Å². The molecule has 0 bridgehead atoms. The molecular weight excluding hydrogens is 236 g/mol. The molecule has 0 saturated carbocycles. The summed E-state index contributed by atoms with van der Waals surface area (Å²) in [5.74, 6) is 0.970. The largest absolute Gasteiger partial charge is 0.379 e. The van der Waals surface area contributed by atoms with Crippen LogP contribution in [-0.4, -0.2) is 23.6 Å². The van der Waals surface area contributed by atoms with Crippen molar-refractivity contribution in [3.8, 4) is 0 Å². The van der Waals surface area contributed by atoms with Gasteiger partial charge in [0.2, 0.25) is 5.95 Å². The molecule has 0 aliphatic heterocycles. The number of benzene rings is 1. The minimum Gasteiger partial charge on any atom is -0.379 e. The highest BCUT2D eigenvalue weighted by Gasteiger charge is 2.07. The third kappa shape index (κ3) is 3.08. The lowest BCUT2D eigenvalue weighted by Crippen LogP contribution is -2.15. The Balaban J connectivity index is 2.10. The summed E-state index contributed by atoms with van der Waals surface area (Å²) >= 11 is 0. The average molecular weight is 258 g/mol. The number of hydrogen-bond donors (Lipinski definition) is 1. The first kappa shape index (κ1) is 13.5. The van der Waals surface area contributed by atoms with Crippen molar-refractivity contribution in [2.24, 2.45) is 7.05 Å². The number of aromatic nitrogens is 2. The molecule has 2 rings (SSSR count). The quantitative estimate of drug-likeness (QED) is 0.915. The predicted molar refractivity (Wildman–Crippen MR) is 80.8 cm³/mol. The van der Waals surface area contributed by atoms with Gasteiger partial charge in [0.05, 0.1) is 18.4 Å². The third-order valence-electron chi connectivity index (χ3n) is 3.16. The van der Waals surface area contributed by atoms with Crippen LogP contribution >= 0.6 is 0 Å². The first-order valence-electron chi connectivity index (χ1n) is 6.47. The van der Waals surface area contributed by atoms with E-state index in [-0.39, 0.29) is 0 Å². The minimum absolute atomic E-state index is 0.778. The van der Waals surface area contributed by atoms with Crippen LogP contribution in [0, 0.1) is 13.8 Å². The lowest BCUT2D eigenvalue weighted by atomic mass is 10.1. The second-order valence-electron chi connectivity index (χ2n) is 5.23. The Morgan fingerprint density at radius 3 is 2.32 bits per heavy atom. The highest BCUT2D eigenvalue weighted by molar-refractivity contribution is 5.48. The Bertz CT molecular complexity index is 549. The molecule has 0 fully saturated rings. The molecule has 1 N–H and O–H groups in total. The number of imidazole rings is 1. The van der Waals surface area contributed by atoms with Gasteiger partial charge in [0, 0.05) is 26.8 Å². The monoisotopic (exact) mass is 258 g/mol. The maximum absolute atomic E-state index is 4.41. The summed E-state index contributed by atoms with van der Waals surface area (Å²) in [6.07, 6.45) is 1.92. The van der Waals surface area contributed by atoms with E-state index in [1.807, 2.05) is 32.2 Å². The Hall–Kier alpha value is -1.97. The number of hydrogen-bond acceptors (Lipinski definition) is 3. The summed E-state index contributed by atoms with van der Waals surface area (Å²) in [6.45, 7) is 5.01. The van der Waals surface area contributed by atoms with Gasteiger partial charge >= 0.3 is 0 Å². The van der Waals surface area contributed by atoms with Gasteiger partial charge in [-0.2, -0.15) is 0 Å². The highest BCUT2D eigenvalue weighted by atomic mass is 15.3. The molecule has 4 nitrogen and oxygen atoms in total. The summed E-state index contributed by atoms with van der Waals surface area (Å²) in [5, 5.41) is 3.46. The molecule has 102 valence electrons. The second-order valence-corrected chi connectivity index (χ2v) is 5.23. The molecule has 1 heterocycles. The van der Waals surface area contributed by atoms with Crippen molar-refractivity contribution < 1.29 is 0 Å². The van der Waals surface area contributed by atoms with Gasteiger partial charge in [0.25, 0.3) is 0 Å². The van der Waals surface area contributed by atoms with E-state index < -0.39 is 0 Å². The van der Waals surface area contributed by atoms with Gasteiger partial charge in [-0.1, -0.05) is 6.07 Å². The van der Waals surface area contributed by atoms with Crippen molar-refractivity contribution in [2.45, 2.75) is 20.4 Å². The number of rotatable bonds is 4. The minimum atomic E-state index is 0.778. The Morgan fingerprint density at radius 1 is 1.16 bits per heavy atom. The molecule has 4 heteroatoms. The van der Waals surface area contributed by atoms with Gasteiger partial charge in [0.15, 0.2) is 0 Å². The second kappa shape index (κ2) is 5.34. The van der Waals surface area contributed by atoms with Crippen molar-refractivity contribution in [3.63, 3.8) is 0 Å². The average Bonchev–Trinajstić information content (AvgIpc) is 2.67. The lowest BCUT2D eigenvalue weighted by molar-refractivity contribution is 0.814. The Morgan fingerprint density at radius 2 is 1.79 bits per heavy atom. The Labute approximate surface area is 115 Å². The number of aryl methyl sites for hydroxylation is 2. The number of nitrogens with zero attached hydrogens (tertiary/aromatic N) is 3. The molecule has 19 heavy (non-hydrogen) atoms. The van der Waals surface area contributed by atoms with Gasteiger partial charge < -0.3 is 14.8 Å². The van der Waals surface area contributed by atoms with E-state index in [1.165, 1.54) is 16.8 Å².